The van der Waals surface area contributed by atoms with E-state index in [-0.39, 0.29) is 24.4 Å². The van der Waals surface area contributed by atoms with Gasteiger partial charge in [-0.2, -0.15) is 0 Å². The fourth-order valence-electron chi connectivity index (χ4n) is 5.05. The van der Waals surface area contributed by atoms with Crippen molar-refractivity contribution in [1.29, 1.82) is 0 Å². The van der Waals surface area contributed by atoms with Crippen LogP contribution in [0.5, 0.6) is 0 Å². The van der Waals surface area contributed by atoms with Gasteiger partial charge >= 0.3 is 0 Å². The number of hydrogen-bond donors (Lipinski definition) is 1. The van der Waals surface area contributed by atoms with Crippen LogP contribution < -0.4 is 5.73 Å². The van der Waals surface area contributed by atoms with E-state index in [2.05, 4.69) is 53.3 Å². The molecule has 32 heavy (non-hydrogen) atoms. The fourth-order valence-corrected chi connectivity index (χ4v) is 5.05. The van der Waals surface area contributed by atoms with E-state index < -0.39 is 0 Å². The van der Waals surface area contributed by atoms with E-state index in [1.165, 1.54) is 10.9 Å². The Bertz CT molecular complexity index is 1280. The summed E-state index contributed by atoms with van der Waals surface area (Å²) in [6, 6.07) is 16.5. The second-order valence-corrected chi connectivity index (χ2v) is 8.84. The zero-order valence-electron chi connectivity index (χ0n) is 18.8. The van der Waals surface area contributed by atoms with E-state index in [1.807, 2.05) is 30.1 Å². The summed E-state index contributed by atoms with van der Waals surface area (Å²) in [5.41, 5.74) is 11.0. The van der Waals surface area contributed by atoms with Gasteiger partial charge in [0, 0.05) is 49.2 Å². The number of nitrogens with zero attached hydrogens (tertiary/aromatic N) is 4. The number of carbonyl (C=O) groups is 1. The number of rotatable bonds is 3. The Hall–Kier alpha value is -2.83. The smallest absolute Gasteiger partial charge is 0.253 e. The van der Waals surface area contributed by atoms with Crippen molar-refractivity contribution < 1.29 is 4.79 Å². The Kier molecular flexibility index (Phi) is 6.01. The predicted molar refractivity (Wildman–Crippen MR) is 132 cm³/mol. The number of nitrogens with two attached hydrogens (primary N) is 1. The lowest BCUT2D eigenvalue weighted by Gasteiger charge is -2.34. The average molecular weight is 452 g/mol. The maximum atomic E-state index is 13.1. The predicted octanol–water partition coefficient (Wildman–Crippen LogP) is 4.45. The van der Waals surface area contributed by atoms with Crippen LogP contribution in [0.15, 0.2) is 48.5 Å². The van der Waals surface area contributed by atoms with Gasteiger partial charge in [-0.25, -0.2) is 4.98 Å². The molecule has 1 aliphatic rings. The molecule has 2 aromatic heterocycles. The number of piperidine rings is 1. The minimum absolute atomic E-state index is 0. The third kappa shape index (κ3) is 3.67. The molecule has 168 valence electrons. The van der Waals surface area contributed by atoms with Crippen LogP contribution >= 0.6 is 12.4 Å². The molecule has 4 aromatic rings. The molecule has 0 spiro atoms. The van der Waals surface area contributed by atoms with Crippen molar-refractivity contribution in [2.45, 2.75) is 32.9 Å². The van der Waals surface area contributed by atoms with Gasteiger partial charge in [-0.1, -0.05) is 25.1 Å². The molecular weight excluding hydrogens is 422 g/mol. The minimum atomic E-state index is 0. The van der Waals surface area contributed by atoms with Gasteiger partial charge in [-0.3, -0.25) is 4.79 Å². The molecule has 0 saturated carbocycles. The van der Waals surface area contributed by atoms with Crippen molar-refractivity contribution in [3.05, 3.63) is 54.1 Å². The first-order valence-corrected chi connectivity index (χ1v) is 11.1. The number of aromatic nitrogens is 3. The largest absolute Gasteiger partial charge is 0.338 e. The van der Waals surface area contributed by atoms with Crippen molar-refractivity contribution in [2.75, 3.05) is 13.1 Å². The molecule has 1 aliphatic heterocycles. The SMILES string of the molecule is CCn1c(-c2nc3cc(C(=O)N4C[C@@H](C)C[C@H](N)C4)ccc3n2C)cc2ccccc21.Cl. The van der Waals surface area contributed by atoms with Crippen LogP contribution in [0.25, 0.3) is 33.5 Å². The molecule has 0 radical (unpaired) electrons. The van der Waals surface area contributed by atoms with Crippen molar-refractivity contribution in [3.8, 4) is 11.5 Å². The summed E-state index contributed by atoms with van der Waals surface area (Å²) in [7, 11) is 2.04. The first-order valence-electron chi connectivity index (χ1n) is 11.1. The molecule has 0 unspecified atom stereocenters. The molecule has 2 atom stereocenters. The third-order valence-corrected chi connectivity index (χ3v) is 6.46. The molecule has 2 aromatic carbocycles. The first-order chi connectivity index (χ1) is 15.0. The van der Waals surface area contributed by atoms with Gasteiger partial charge in [-0.05, 0) is 49.6 Å². The number of aryl methyl sites for hydroxylation is 2. The second-order valence-electron chi connectivity index (χ2n) is 8.84. The Morgan fingerprint density at radius 3 is 2.66 bits per heavy atom. The van der Waals surface area contributed by atoms with Crippen LogP contribution in [-0.2, 0) is 13.6 Å². The van der Waals surface area contributed by atoms with Crippen LogP contribution in [0.3, 0.4) is 0 Å². The van der Waals surface area contributed by atoms with Crippen LogP contribution in [-0.4, -0.2) is 44.1 Å². The zero-order chi connectivity index (χ0) is 21.7. The molecule has 2 N–H and O–H groups in total. The summed E-state index contributed by atoms with van der Waals surface area (Å²) in [5.74, 6) is 1.37. The Labute approximate surface area is 194 Å². The summed E-state index contributed by atoms with van der Waals surface area (Å²) in [5, 5.41) is 1.21. The number of fused-ring (bicyclic) bond motifs is 2. The number of imidazole rings is 1. The molecule has 3 heterocycles. The summed E-state index contributed by atoms with van der Waals surface area (Å²) in [6.45, 7) is 6.54. The van der Waals surface area contributed by atoms with Gasteiger partial charge in [0.2, 0.25) is 0 Å². The normalized spacial score (nSPS) is 18.8. The molecule has 1 amide bonds. The first kappa shape index (κ1) is 22.4. The second kappa shape index (κ2) is 8.60. The van der Waals surface area contributed by atoms with Crippen molar-refractivity contribution >= 4 is 40.3 Å². The number of carbonyl (C=O) groups excluding carboxylic acids is 1. The van der Waals surface area contributed by atoms with Crippen LogP contribution in [0, 0.1) is 5.92 Å². The number of para-hydroxylation sites is 1. The highest BCUT2D eigenvalue weighted by Crippen LogP contribution is 2.30. The van der Waals surface area contributed by atoms with E-state index in [0.717, 1.165) is 42.1 Å². The van der Waals surface area contributed by atoms with Crippen molar-refractivity contribution in [1.82, 2.24) is 19.0 Å². The Morgan fingerprint density at radius 1 is 1.12 bits per heavy atom. The molecule has 0 bridgehead atoms. The number of amides is 1. The molecule has 1 saturated heterocycles. The maximum Gasteiger partial charge on any atom is 0.253 e. The van der Waals surface area contributed by atoms with Gasteiger partial charge in [0.15, 0.2) is 5.82 Å². The Balaban J connectivity index is 0.00000245. The summed E-state index contributed by atoms with van der Waals surface area (Å²) in [6.07, 6.45) is 0.970. The number of hydrogen-bond acceptors (Lipinski definition) is 3. The molecule has 5 rings (SSSR count). The summed E-state index contributed by atoms with van der Waals surface area (Å²) >= 11 is 0. The van der Waals surface area contributed by atoms with Gasteiger partial charge < -0.3 is 19.8 Å². The molecule has 0 aliphatic carbocycles. The van der Waals surface area contributed by atoms with E-state index in [4.69, 9.17) is 10.7 Å². The van der Waals surface area contributed by atoms with E-state index in [9.17, 15) is 4.79 Å². The maximum absolute atomic E-state index is 13.1. The lowest BCUT2D eigenvalue weighted by atomic mass is 9.96. The highest BCUT2D eigenvalue weighted by atomic mass is 35.5. The van der Waals surface area contributed by atoms with Crippen LogP contribution in [0.1, 0.15) is 30.6 Å². The summed E-state index contributed by atoms with van der Waals surface area (Å²) < 4.78 is 4.40. The fraction of sp³-hybridized carbons (Fsp3) is 0.360. The standard InChI is InChI=1S/C25H29N5O.ClH/c1-4-30-21-8-6-5-7-17(21)13-23(30)24-27-20-12-18(9-10-22(20)28(24)3)25(31)29-14-16(2)11-19(26)15-29;/h5-10,12-13,16,19H,4,11,14-15,26H2,1-3H3;1H/t16-,19-;/m0./s1. The highest BCUT2D eigenvalue weighted by molar-refractivity contribution is 5.98. The van der Waals surface area contributed by atoms with E-state index >= 15 is 0 Å². The van der Waals surface area contributed by atoms with Crippen molar-refractivity contribution in [2.24, 2.45) is 18.7 Å². The highest BCUT2D eigenvalue weighted by Gasteiger charge is 2.27. The average Bonchev–Trinajstić information content (AvgIpc) is 3.29. The third-order valence-electron chi connectivity index (χ3n) is 6.46. The topological polar surface area (TPSA) is 69.1 Å². The zero-order valence-corrected chi connectivity index (χ0v) is 19.6. The summed E-state index contributed by atoms with van der Waals surface area (Å²) in [4.78, 5) is 20.0. The van der Waals surface area contributed by atoms with Crippen LogP contribution in [0.4, 0.5) is 0 Å². The monoisotopic (exact) mass is 451 g/mol. The van der Waals surface area contributed by atoms with Gasteiger partial charge in [0.25, 0.3) is 5.91 Å². The number of likely N-dealkylation sites (tertiary alicyclic amines) is 1. The quantitative estimate of drug-likeness (QED) is 0.500. The molecular formula is C25H30ClN5O. The number of benzene rings is 2. The Morgan fingerprint density at radius 2 is 1.91 bits per heavy atom. The van der Waals surface area contributed by atoms with E-state index in [1.54, 1.807) is 0 Å². The van der Waals surface area contributed by atoms with Crippen molar-refractivity contribution in [3.63, 3.8) is 0 Å². The molecule has 1 fully saturated rings. The number of halogens is 1. The lowest BCUT2D eigenvalue weighted by molar-refractivity contribution is 0.0661. The lowest BCUT2D eigenvalue weighted by Crippen LogP contribution is -2.48. The molecule has 7 heteroatoms. The van der Waals surface area contributed by atoms with Gasteiger partial charge in [-0.15, -0.1) is 12.4 Å². The minimum Gasteiger partial charge on any atom is -0.338 e. The van der Waals surface area contributed by atoms with Crippen LogP contribution in [0.2, 0.25) is 0 Å². The van der Waals surface area contributed by atoms with E-state index in [0.29, 0.717) is 18.0 Å². The van der Waals surface area contributed by atoms with Gasteiger partial charge in [0.05, 0.1) is 16.7 Å². The van der Waals surface area contributed by atoms with Gasteiger partial charge in [0.1, 0.15) is 0 Å². The molecule has 6 nitrogen and oxygen atoms in total.